The standard InChI is InChI=1S/C36H52N4O6/c1-35(2,3)45-30(41)22-28(34(44)46-36(4,5)6)38-32(42)31-33(43)40(29-17-13-12-16-27(29)37-31)26-20-24-18-19-25(21-26)39(24)23-14-10-8-7-9-11-15-23/h12-13,16-17,23-26,28H,7-11,14-15,18-22H2,1-6H3,(H,38,42)/t24-,25+,26?,28?. The van der Waals surface area contributed by atoms with Crippen LogP contribution in [-0.4, -0.2) is 67.7 Å². The van der Waals surface area contributed by atoms with E-state index in [1.54, 1.807) is 52.2 Å². The lowest BCUT2D eigenvalue weighted by molar-refractivity contribution is -0.164. The van der Waals surface area contributed by atoms with Crippen molar-refractivity contribution in [3.8, 4) is 0 Å². The number of rotatable bonds is 7. The molecule has 10 nitrogen and oxygen atoms in total. The summed E-state index contributed by atoms with van der Waals surface area (Å²) >= 11 is 0. The van der Waals surface area contributed by atoms with Gasteiger partial charge < -0.3 is 19.4 Å². The molecule has 4 atom stereocenters. The first-order chi connectivity index (χ1) is 21.7. The molecule has 2 aliphatic heterocycles. The Morgan fingerprint density at radius 3 is 2.02 bits per heavy atom. The van der Waals surface area contributed by atoms with E-state index in [-0.39, 0.29) is 11.7 Å². The second-order valence-electron chi connectivity index (χ2n) is 15.4. The number of esters is 2. The van der Waals surface area contributed by atoms with Gasteiger partial charge in [-0.1, -0.05) is 44.2 Å². The van der Waals surface area contributed by atoms with Crippen LogP contribution in [0.3, 0.4) is 0 Å². The molecular weight excluding hydrogens is 584 g/mol. The summed E-state index contributed by atoms with van der Waals surface area (Å²) in [5, 5.41) is 2.60. The Bertz CT molecular complexity index is 1470. The summed E-state index contributed by atoms with van der Waals surface area (Å²) in [7, 11) is 0. The highest BCUT2D eigenvalue weighted by Crippen LogP contribution is 2.44. The number of nitrogens with zero attached hydrogens (tertiary/aromatic N) is 3. The molecule has 1 N–H and O–H groups in total. The minimum Gasteiger partial charge on any atom is -0.460 e. The van der Waals surface area contributed by atoms with Crippen molar-refractivity contribution in [2.24, 2.45) is 0 Å². The minimum absolute atomic E-state index is 0.0716. The van der Waals surface area contributed by atoms with Crippen LogP contribution in [0.5, 0.6) is 0 Å². The quantitative estimate of drug-likeness (QED) is 0.376. The number of ether oxygens (including phenoxy) is 2. The van der Waals surface area contributed by atoms with Crippen LogP contribution in [0.25, 0.3) is 11.0 Å². The number of hydrogen-bond acceptors (Lipinski definition) is 8. The summed E-state index contributed by atoms with van der Waals surface area (Å²) < 4.78 is 12.7. The average Bonchev–Trinajstić information content (AvgIpc) is 3.18. The molecule has 46 heavy (non-hydrogen) atoms. The van der Waals surface area contributed by atoms with E-state index in [0.29, 0.717) is 29.2 Å². The van der Waals surface area contributed by atoms with Crippen LogP contribution in [-0.2, 0) is 19.1 Å². The van der Waals surface area contributed by atoms with E-state index in [4.69, 9.17) is 9.47 Å². The third-order valence-electron chi connectivity index (χ3n) is 9.42. The molecule has 1 amide bonds. The fraction of sp³-hybridized carbons (Fsp3) is 0.694. The van der Waals surface area contributed by atoms with Gasteiger partial charge in [0.15, 0.2) is 5.69 Å². The van der Waals surface area contributed by atoms with Gasteiger partial charge in [-0.3, -0.25) is 19.3 Å². The third kappa shape index (κ3) is 8.17. The SMILES string of the molecule is CC(C)(C)OC(=O)CC(NC(=O)c1nc2ccccc2n(C2C[C@H]3CC[C@@H](C2)N3C2CCCCCCC2)c1=O)C(=O)OC(C)(C)C. The molecular formula is C36H52N4O6. The predicted molar refractivity (Wildman–Crippen MR) is 177 cm³/mol. The largest absolute Gasteiger partial charge is 0.460 e. The number of nitrogens with one attached hydrogen (secondary N) is 1. The van der Waals surface area contributed by atoms with Crippen molar-refractivity contribution in [2.75, 3.05) is 0 Å². The first-order valence-corrected chi connectivity index (χ1v) is 17.2. The second-order valence-corrected chi connectivity index (χ2v) is 15.4. The van der Waals surface area contributed by atoms with Gasteiger partial charge in [-0.2, -0.15) is 0 Å². The molecule has 0 radical (unpaired) electrons. The molecule has 2 aromatic rings. The number of aromatic nitrogens is 2. The van der Waals surface area contributed by atoms with E-state index in [2.05, 4.69) is 15.2 Å². The highest BCUT2D eigenvalue weighted by Gasteiger charge is 2.45. The molecule has 10 heteroatoms. The van der Waals surface area contributed by atoms with E-state index in [0.717, 1.165) is 25.7 Å². The fourth-order valence-corrected chi connectivity index (χ4v) is 7.73. The Morgan fingerprint density at radius 1 is 0.826 bits per heavy atom. The molecule has 1 aromatic heterocycles. The topological polar surface area (TPSA) is 120 Å². The van der Waals surface area contributed by atoms with E-state index >= 15 is 0 Å². The van der Waals surface area contributed by atoms with Crippen LogP contribution in [0.1, 0.15) is 135 Å². The number of piperidine rings is 1. The van der Waals surface area contributed by atoms with Crippen molar-refractivity contribution >= 4 is 28.9 Å². The lowest BCUT2D eigenvalue weighted by Gasteiger charge is -2.45. The van der Waals surface area contributed by atoms with Crippen LogP contribution >= 0.6 is 0 Å². The number of hydrogen-bond donors (Lipinski definition) is 1. The average molecular weight is 637 g/mol. The maximum Gasteiger partial charge on any atom is 0.329 e. The van der Waals surface area contributed by atoms with Crippen LogP contribution in [0.4, 0.5) is 0 Å². The Hall–Kier alpha value is -3.27. The predicted octanol–water partition coefficient (Wildman–Crippen LogP) is 5.85. The molecule has 2 saturated heterocycles. The van der Waals surface area contributed by atoms with Crippen LogP contribution < -0.4 is 10.9 Å². The number of fused-ring (bicyclic) bond motifs is 3. The van der Waals surface area contributed by atoms with Crippen molar-refractivity contribution < 1.29 is 23.9 Å². The Labute approximate surface area is 272 Å². The Kier molecular flexibility index (Phi) is 10.3. The zero-order valence-corrected chi connectivity index (χ0v) is 28.5. The highest BCUT2D eigenvalue weighted by atomic mass is 16.6. The first-order valence-electron chi connectivity index (χ1n) is 17.2. The van der Waals surface area contributed by atoms with Crippen molar-refractivity contribution in [1.82, 2.24) is 19.8 Å². The fourth-order valence-electron chi connectivity index (χ4n) is 7.73. The zero-order valence-electron chi connectivity index (χ0n) is 28.5. The van der Waals surface area contributed by atoms with Crippen molar-refractivity contribution in [1.29, 1.82) is 0 Å². The molecule has 1 saturated carbocycles. The lowest BCUT2D eigenvalue weighted by Crippen LogP contribution is -2.51. The molecule has 1 aliphatic carbocycles. The van der Waals surface area contributed by atoms with E-state index in [9.17, 15) is 19.2 Å². The molecule has 252 valence electrons. The van der Waals surface area contributed by atoms with Gasteiger partial charge in [0.05, 0.1) is 17.5 Å². The number of benzene rings is 1. The monoisotopic (exact) mass is 636 g/mol. The summed E-state index contributed by atoms with van der Waals surface area (Å²) in [5.41, 5.74) is -1.19. The van der Waals surface area contributed by atoms with Gasteiger partial charge in [0.2, 0.25) is 0 Å². The van der Waals surface area contributed by atoms with E-state index in [1.807, 2.05) is 18.2 Å². The third-order valence-corrected chi connectivity index (χ3v) is 9.42. The van der Waals surface area contributed by atoms with Gasteiger partial charge in [-0.25, -0.2) is 9.78 Å². The molecule has 5 rings (SSSR count). The van der Waals surface area contributed by atoms with Crippen molar-refractivity contribution in [3.63, 3.8) is 0 Å². The number of carbonyl (C=O) groups is 3. The van der Waals surface area contributed by atoms with Crippen molar-refractivity contribution in [2.45, 2.75) is 160 Å². The van der Waals surface area contributed by atoms with E-state index in [1.165, 1.54) is 44.9 Å². The molecule has 3 aliphatic rings. The summed E-state index contributed by atoms with van der Waals surface area (Å²) in [6, 6.07) is 7.41. The maximum absolute atomic E-state index is 14.2. The lowest BCUT2D eigenvalue weighted by atomic mass is 9.89. The molecule has 2 bridgehead atoms. The maximum atomic E-state index is 14.2. The van der Waals surface area contributed by atoms with Gasteiger partial charge in [0.1, 0.15) is 17.2 Å². The molecule has 1 aromatic carbocycles. The van der Waals surface area contributed by atoms with Crippen LogP contribution in [0.15, 0.2) is 29.1 Å². The summed E-state index contributed by atoms with van der Waals surface area (Å²) in [4.78, 5) is 61.2. The van der Waals surface area contributed by atoms with E-state index < -0.39 is 47.1 Å². The molecule has 3 fully saturated rings. The number of carbonyl (C=O) groups excluding carboxylic acids is 3. The van der Waals surface area contributed by atoms with Gasteiger partial charge in [0.25, 0.3) is 11.5 Å². The zero-order chi connectivity index (χ0) is 33.2. The first kappa shape index (κ1) is 34.1. The van der Waals surface area contributed by atoms with Gasteiger partial charge in [-0.15, -0.1) is 0 Å². The normalized spacial score (nSPS) is 23.7. The Morgan fingerprint density at radius 2 is 1.41 bits per heavy atom. The highest BCUT2D eigenvalue weighted by molar-refractivity contribution is 5.97. The van der Waals surface area contributed by atoms with Gasteiger partial charge >= 0.3 is 11.9 Å². The second kappa shape index (κ2) is 13.8. The molecule has 3 heterocycles. The molecule has 0 spiro atoms. The van der Waals surface area contributed by atoms with Gasteiger partial charge in [-0.05, 0) is 92.2 Å². The summed E-state index contributed by atoms with van der Waals surface area (Å²) in [6.07, 6.45) is 12.6. The number of amides is 1. The summed E-state index contributed by atoms with van der Waals surface area (Å²) in [6.45, 7) is 10.3. The van der Waals surface area contributed by atoms with Gasteiger partial charge in [0, 0.05) is 24.2 Å². The van der Waals surface area contributed by atoms with Crippen LogP contribution in [0, 0.1) is 0 Å². The number of para-hydroxylation sites is 2. The Balaban J connectivity index is 1.43. The summed E-state index contributed by atoms with van der Waals surface area (Å²) in [5.74, 6) is -2.27. The van der Waals surface area contributed by atoms with Crippen LogP contribution in [0.2, 0.25) is 0 Å². The van der Waals surface area contributed by atoms with Crippen molar-refractivity contribution in [3.05, 3.63) is 40.3 Å². The smallest absolute Gasteiger partial charge is 0.329 e. The molecule has 2 unspecified atom stereocenters. The minimum atomic E-state index is -1.36.